The standard InChI is InChI=1S/C20H28N2/c1-16(21-2)11-12-17-7-5-9-19(13-17)20-10-6-8-18(14-20)15-22(3)4/h5-10,13-14,16,21H,11-12,15H2,1-4H3. The fourth-order valence-electron chi connectivity index (χ4n) is 2.65. The van der Waals surface area contributed by atoms with Crippen LogP contribution < -0.4 is 5.32 Å². The zero-order valence-electron chi connectivity index (χ0n) is 14.3. The minimum absolute atomic E-state index is 0.562. The highest BCUT2D eigenvalue weighted by molar-refractivity contribution is 5.64. The molecule has 2 rings (SSSR count). The van der Waals surface area contributed by atoms with Crippen LogP contribution in [0.1, 0.15) is 24.5 Å². The van der Waals surface area contributed by atoms with Gasteiger partial charge >= 0.3 is 0 Å². The fourth-order valence-corrected chi connectivity index (χ4v) is 2.65. The van der Waals surface area contributed by atoms with Gasteiger partial charge in [0, 0.05) is 12.6 Å². The molecule has 0 aliphatic carbocycles. The van der Waals surface area contributed by atoms with Crippen LogP contribution in [-0.2, 0) is 13.0 Å². The van der Waals surface area contributed by atoms with Gasteiger partial charge in [-0.25, -0.2) is 0 Å². The first-order chi connectivity index (χ1) is 10.6. The number of hydrogen-bond acceptors (Lipinski definition) is 2. The van der Waals surface area contributed by atoms with Crippen molar-refractivity contribution in [3.8, 4) is 11.1 Å². The van der Waals surface area contributed by atoms with Crippen molar-refractivity contribution in [1.82, 2.24) is 10.2 Å². The van der Waals surface area contributed by atoms with Crippen molar-refractivity contribution in [3.63, 3.8) is 0 Å². The van der Waals surface area contributed by atoms with Crippen molar-refractivity contribution in [1.29, 1.82) is 0 Å². The molecular weight excluding hydrogens is 268 g/mol. The van der Waals surface area contributed by atoms with Crippen molar-refractivity contribution in [2.45, 2.75) is 32.4 Å². The zero-order valence-corrected chi connectivity index (χ0v) is 14.3. The Hall–Kier alpha value is -1.64. The summed E-state index contributed by atoms with van der Waals surface area (Å²) in [5, 5.41) is 3.30. The number of nitrogens with one attached hydrogen (secondary N) is 1. The quantitative estimate of drug-likeness (QED) is 0.832. The molecule has 2 aromatic carbocycles. The van der Waals surface area contributed by atoms with Crippen molar-refractivity contribution in [2.24, 2.45) is 0 Å². The normalized spacial score (nSPS) is 12.6. The Labute approximate surface area is 135 Å². The third-order valence-corrected chi connectivity index (χ3v) is 4.04. The maximum absolute atomic E-state index is 3.30. The molecule has 0 aromatic heterocycles. The van der Waals surface area contributed by atoms with E-state index in [2.05, 4.69) is 79.8 Å². The lowest BCUT2D eigenvalue weighted by molar-refractivity contribution is 0.402. The van der Waals surface area contributed by atoms with Gasteiger partial charge in [-0.2, -0.15) is 0 Å². The summed E-state index contributed by atoms with van der Waals surface area (Å²) in [6.07, 6.45) is 2.29. The highest BCUT2D eigenvalue weighted by atomic mass is 15.0. The molecule has 0 radical (unpaired) electrons. The van der Waals surface area contributed by atoms with Crippen molar-refractivity contribution in [2.75, 3.05) is 21.1 Å². The predicted octanol–water partition coefficient (Wildman–Crippen LogP) is 3.96. The maximum Gasteiger partial charge on any atom is 0.0227 e. The van der Waals surface area contributed by atoms with E-state index in [9.17, 15) is 0 Å². The van der Waals surface area contributed by atoms with E-state index >= 15 is 0 Å². The minimum atomic E-state index is 0.562. The number of aryl methyl sites for hydroxylation is 1. The number of nitrogens with zero attached hydrogens (tertiary/aromatic N) is 1. The summed E-state index contributed by atoms with van der Waals surface area (Å²) in [7, 11) is 6.24. The molecule has 0 saturated heterocycles. The summed E-state index contributed by atoms with van der Waals surface area (Å²) in [4.78, 5) is 2.20. The van der Waals surface area contributed by atoms with Crippen molar-refractivity contribution in [3.05, 3.63) is 59.7 Å². The molecule has 0 heterocycles. The summed E-state index contributed by atoms with van der Waals surface area (Å²) in [6.45, 7) is 3.21. The molecular formula is C20H28N2. The summed E-state index contributed by atoms with van der Waals surface area (Å²) < 4.78 is 0. The Balaban J connectivity index is 2.15. The zero-order chi connectivity index (χ0) is 15.9. The monoisotopic (exact) mass is 296 g/mol. The van der Waals surface area contributed by atoms with Crippen LogP contribution in [0, 0.1) is 0 Å². The van der Waals surface area contributed by atoms with E-state index in [0.29, 0.717) is 6.04 Å². The van der Waals surface area contributed by atoms with Crippen LogP contribution in [0.3, 0.4) is 0 Å². The number of benzene rings is 2. The second-order valence-corrected chi connectivity index (χ2v) is 6.37. The van der Waals surface area contributed by atoms with E-state index in [1.165, 1.54) is 28.7 Å². The van der Waals surface area contributed by atoms with Gasteiger partial charge in [0.2, 0.25) is 0 Å². The number of hydrogen-bond donors (Lipinski definition) is 1. The van der Waals surface area contributed by atoms with Crippen LogP contribution in [0.4, 0.5) is 0 Å². The topological polar surface area (TPSA) is 15.3 Å². The van der Waals surface area contributed by atoms with E-state index in [4.69, 9.17) is 0 Å². The Kier molecular flexibility index (Phi) is 6.17. The van der Waals surface area contributed by atoms with Crippen LogP contribution in [0.15, 0.2) is 48.5 Å². The van der Waals surface area contributed by atoms with Gasteiger partial charge in [0.1, 0.15) is 0 Å². The van der Waals surface area contributed by atoms with Crippen LogP contribution in [-0.4, -0.2) is 32.1 Å². The molecule has 1 atom stereocenters. The third kappa shape index (κ3) is 4.97. The molecule has 2 aromatic rings. The van der Waals surface area contributed by atoms with Gasteiger partial charge in [0.25, 0.3) is 0 Å². The molecule has 22 heavy (non-hydrogen) atoms. The van der Waals surface area contributed by atoms with Gasteiger partial charge in [0.05, 0.1) is 0 Å². The minimum Gasteiger partial charge on any atom is -0.317 e. The summed E-state index contributed by atoms with van der Waals surface area (Å²) in [5.41, 5.74) is 5.40. The van der Waals surface area contributed by atoms with E-state index in [0.717, 1.165) is 13.0 Å². The van der Waals surface area contributed by atoms with Gasteiger partial charge in [-0.3, -0.25) is 0 Å². The van der Waals surface area contributed by atoms with Gasteiger partial charge < -0.3 is 10.2 Å². The summed E-state index contributed by atoms with van der Waals surface area (Å²) >= 11 is 0. The van der Waals surface area contributed by atoms with Crippen LogP contribution in [0.2, 0.25) is 0 Å². The average Bonchev–Trinajstić information content (AvgIpc) is 2.52. The van der Waals surface area contributed by atoms with Gasteiger partial charge in [-0.05, 0) is 69.2 Å². The predicted molar refractivity (Wildman–Crippen MR) is 96.1 cm³/mol. The molecule has 0 spiro atoms. The molecule has 1 N–H and O–H groups in total. The second kappa shape index (κ2) is 8.11. The Morgan fingerprint density at radius 1 is 0.955 bits per heavy atom. The number of rotatable bonds is 7. The highest BCUT2D eigenvalue weighted by Gasteiger charge is 2.04. The average molecular weight is 296 g/mol. The van der Waals surface area contributed by atoms with Gasteiger partial charge in [-0.1, -0.05) is 42.5 Å². The molecule has 2 heteroatoms. The van der Waals surface area contributed by atoms with Gasteiger partial charge in [-0.15, -0.1) is 0 Å². The molecule has 0 amide bonds. The van der Waals surface area contributed by atoms with E-state index in [1.807, 2.05) is 7.05 Å². The second-order valence-electron chi connectivity index (χ2n) is 6.37. The maximum atomic E-state index is 3.30. The molecule has 0 fully saturated rings. The van der Waals surface area contributed by atoms with Crippen molar-refractivity contribution < 1.29 is 0 Å². The largest absolute Gasteiger partial charge is 0.317 e. The molecule has 1 unspecified atom stereocenters. The van der Waals surface area contributed by atoms with Crippen LogP contribution in [0.25, 0.3) is 11.1 Å². The molecule has 0 aliphatic heterocycles. The van der Waals surface area contributed by atoms with Crippen molar-refractivity contribution >= 4 is 0 Å². The Morgan fingerprint density at radius 2 is 1.55 bits per heavy atom. The fraction of sp³-hybridized carbons (Fsp3) is 0.400. The lowest BCUT2D eigenvalue weighted by Crippen LogP contribution is -2.21. The van der Waals surface area contributed by atoms with E-state index in [1.54, 1.807) is 0 Å². The summed E-state index contributed by atoms with van der Waals surface area (Å²) in [5.74, 6) is 0. The Bertz CT molecular complexity index is 590. The van der Waals surface area contributed by atoms with Gasteiger partial charge in [0.15, 0.2) is 0 Å². The molecule has 2 nitrogen and oxygen atoms in total. The molecule has 0 aliphatic rings. The first kappa shape index (κ1) is 16.7. The lowest BCUT2D eigenvalue weighted by atomic mass is 9.98. The van der Waals surface area contributed by atoms with Crippen LogP contribution in [0.5, 0.6) is 0 Å². The molecule has 0 bridgehead atoms. The highest BCUT2D eigenvalue weighted by Crippen LogP contribution is 2.22. The van der Waals surface area contributed by atoms with E-state index in [-0.39, 0.29) is 0 Å². The van der Waals surface area contributed by atoms with Crippen LogP contribution >= 0.6 is 0 Å². The Morgan fingerprint density at radius 3 is 2.14 bits per heavy atom. The lowest BCUT2D eigenvalue weighted by Gasteiger charge is -2.12. The smallest absolute Gasteiger partial charge is 0.0227 e. The van der Waals surface area contributed by atoms with E-state index < -0.39 is 0 Å². The summed E-state index contributed by atoms with van der Waals surface area (Å²) in [6, 6.07) is 18.4. The first-order valence-corrected chi connectivity index (χ1v) is 8.08. The molecule has 0 saturated carbocycles. The SMILES string of the molecule is CNC(C)CCc1cccc(-c2cccc(CN(C)C)c2)c1. The third-order valence-electron chi connectivity index (χ3n) is 4.04. The first-order valence-electron chi connectivity index (χ1n) is 8.08. The molecule has 118 valence electrons.